The van der Waals surface area contributed by atoms with Crippen LogP contribution in [0.4, 0.5) is 0 Å². The first kappa shape index (κ1) is 17.9. The van der Waals surface area contributed by atoms with Crippen LogP contribution >= 0.6 is 0 Å². The van der Waals surface area contributed by atoms with Gasteiger partial charge in [0.1, 0.15) is 30.6 Å². The van der Waals surface area contributed by atoms with Gasteiger partial charge in [-0.3, -0.25) is 9.35 Å². The average molecular weight is 301 g/mol. The molecule has 0 saturated heterocycles. The standard InChI is InChI=1S/C8H15NO9S/c1-4(12)9-5(2-10)7(13)8(14)6(3-11)18-19(15,16)17/h2,5-8,11,13-14H,3H2,1H3,(H,9,12)(H,15,16,17)/t5-,6-,7-,8-/m1/s1. The van der Waals surface area contributed by atoms with Gasteiger partial charge < -0.3 is 25.4 Å². The van der Waals surface area contributed by atoms with Crippen molar-refractivity contribution in [2.45, 2.75) is 31.3 Å². The van der Waals surface area contributed by atoms with Gasteiger partial charge in [-0.15, -0.1) is 0 Å². The molecule has 0 aromatic carbocycles. The zero-order valence-corrected chi connectivity index (χ0v) is 10.6. The van der Waals surface area contributed by atoms with Gasteiger partial charge in [-0.05, 0) is 0 Å². The molecule has 0 bridgehead atoms. The number of aliphatic hydroxyl groups is 3. The molecule has 0 aliphatic rings. The van der Waals surface area contributed by atoms with Crippen LogP contribution in [-0.4, -0.2) is 71.4 Å². The molecule has 1 amide bonds. The van der Waals surface area contributed by atoms with Crippen molar-refractivity contribution in [3.63, 3.8) is 0 Å². The Hall–Kier alpha value is -1.11. The molecule has 10 nitrogen and oxygen atoms in total. The SMILES string of the molecule is CC(=O)N[C@H](C=O)[C@@H](O)[C@H](O)[C@@H](CO)OS(=O)(=O)O. The van der Waals surface area contributed by atoms with Crippen molar-refractivity contribution in [2.24, 2.45) is 0 Å². The molecule has 0 unspecified atom stereocenters. The number of carbonyl (C=O) groups is 2. The lowest BCUT2D eigenvalue weighted by Crippen LogP contribution is -2.53. The predicted octanol–water partition coefficient (Wildman–Crippen LogP) is -3.41. The van der Waals surface area contributed by atoms with E-state index >= 15 is 0 Å². The van der Waals surface area contributed by atoms with Gasteiger partial charge in [0, 0.05) is 6.92 Å². The minimum Gasteiger partial charge on any atom is -0.394 e. The zero-order chi connectivity index (χ0) is 15.2. The number of aldehydes is 1. The minimum absolute atomic E-state index is 0.108. The number of rotatable bonds is 8. The van der Waals surface area contributed by atoms with Gasteiger partial charge in [0.05, 0.1) is 6.61 Å². The van der Waals surface area contributed by atoms with Gasteiger partial charge in [0.25, 0.3) is 0 Å². The molecule has 0 saturated carbocycles. The molecule has 0 fully saturated rings. The first-order valence-corrected chi connectivity index (χ1v) is 6.34. The molecule has 11 heteroatoms. The fourth-order valence-corrected chi connectivity index (χ4v) is 1.71. The molecule has 5 N–H and O–H groups in total. The molecule has 0 spiro atoms. The molecule has 0 aromatic rings. The highest BCUT2D eigenvalue weighted by atomic mass is 32.3. The van der Waals surface area contributed by atoms with Gasteiger partial charge in [0.2, 0.25) is 5.91 Å². The highest BCUT2D eigenvalue weighted by Gasteiger charge is 2.35. The van der Waals surface area contributed by atoms with Crippen LogP contribution in [0.5, 0.6) is 0 Å². The number of amides is 1. The molecule has 19 heavy (non-hydrogen) atoms. The van der Waals surface area contributed by atoms with Gasteiger partial charge in [-0.25, -0.2) is 4.18 Å². The second kappa shape index (κ2) is 7.47. The van der Waals surface area contributed by atoms with Gasteiger partial charge in [0.15, 0.2) is 0 Å². The van der Waals surface area contributed by atoms with E-state index in [4.69, 9.17) is 9.66 Å². The Bertz CT molecular complexity index is 408. The van der Waals surface area contributed by atoms with Gasteiger partial charge in [-0.2, -0.15) is 8.42 Å². The number of hydrogen-bond acceptors (Lipinski definition) is 8. The molecule has 0 aromatic heterocycles. The lowest BCUT2D eigenvalue weighted by molar-refractivity contribution is -0.128. The Labute approximate surface area is 109 Å². The number of hydrogen-bond donors (Lipinski definition) is 5. The highest BCUT2D eigenvalue weighted by molar-refractivity contribution is 7.80. The fourth-order valence-electron chi connectivity index (χ4n) is 1.22. The van der Waals surface area contributed by atoms with E-state index in [9.17, 15) is 28.2 Å². The topological polar surface area (TPSA) is 170 Å². The second-order valence-electron chi connectivity index (χ2n) is 3.59. The molecule has 0 heterocycles. The molecule has 0 radical (unpaired) electrons. The van der Waals surface area contributed by atoms with Crippen LogP contribution in [0.15, 0.2) is 0 Å². The lowest BCUT2D eigenvalue weighted by Gasteiger charge is -2.27. The summed E-state index contributed by atoms with van der Waals surface area (Å²) in [7, 11) is -4.98. The van der Waals surface area contributed by atoms with E-state index < -0.39 is 47.3 Å². The fraction of sp³-hybridized carbons (Fsp3) is 0.750. The summed E-state index contributed by atoms with van der Waals surface area (Å²) in [5.74, 6) is -0.681. The van der Waals surface area contributed by atoms with Gasteiger partial charge in [-0.1, -0.05) is 0 Å². The van der Waals surface area contributed by atoms with Crippen LogP contribution in [0, 0.1) is 0 Å². The van der Waals surface area contributed by atoms with Crippen molar-refractivity contribution in [1.82, 2.24) is 5.32 Å². The van der Waals surface area contributed by atoms with Crippen molar-refractivity contribution in [1.29, 1.82) is 0 Å². The summed E-state index contributed by atoms with van der Waals surface area (Å²) < 4.78 is 33.2. The Balaban J connectivity index is 4.87. The second-order valence-corrected chi connectivity index (χ2v) is 4.64. The third-order valence-electron chi connectivity index (χ3n) is 2.04. The van der Waals surface area contributed by atoms with E-state index in [0.717, 1.165) is 6.92 Å². The average Bonchev–Trinajstić information content (AvgIpc) is 2.29. The molecule has 112 valence electrons. The summed E-state index contributed by atoms with van der Waals surface area (Å²) in [6.45, 7) is -0.0164. The van der Waals surface area contributed by atoms with E-state index in [1.54, 1.807) is 0 Å². The van der Waals surface area contributed by atoms with Crippen LogP contribution in [-0.2, 0) is 24.2 Å². The Kier molecular flexibility index (Phi) is 7.04. The largest absolute Gasteiger partial charge is 0.397 e. The molecular formula is C8H15NO9S. The third kappa shape index (κ3) is 6.56. The monoisotopic (exact) mass is 301 g/mol. The van der Waals surface area contributed by atoms with Crippen molar-refractivity contribution in [3.8, 4) is 0 Å². The van der Waals surface area contributed by atoms with Crippen LogP contribution in [0.1, 0.15) is 6.92 Å². The van der Waals surface area contributed by atoms with Crippen LogP contribution in [0.3, 0.4) is 0 Å². The Morgan fingerprint density at radius 2 is 1.89 bits per heavy atom. The zero-order valence-electron chi connectivity index (χ0n) is 9.83. The molecule has 0 aliphatic carbocycles. The molecular weight excluding hydrogens is 286 g/mol. The van der Waals surface area contributed by atoms with Crippen molar-refractivity contribution >= 4 is 22.6 Å². The summed E-state index contributed by atoms with van der Waals surface area (Å²) in [5, 5.41) is 29.9. The number of aliphatic hydroxyl groups excluding tert-OH is 3. The summed E-state index contributed by atoms with van der Waals surface area (Å²) >= 11 is 0. The van der Waals surface area contributed by atoms with Crippen LogP contribution in [0.25, 0.3) is 0 Å². The first-order chi connectivity index (χ1) is 8.62. The maximum Gasteiger partial charge on any atom is 0.397 e. The molecule has 0 rings (SSSR count). The normalized spacial score (nSPS) is 18.2. The quantitative estimate of drug-likeness (QED) is 0.226. The van der Waals surface area contributed by atoms with Crippen molar-refractivity contribution in [2.75, 3.05) is 6.61 Å². The van der Waals surface area contributed by atoms with Crippen molar-refractivity contribution < 1.29 is 42.1 Å². The van der Waals surface area contributed by atoms with Crippen molar-refractivity contribution in [3.05, 3.63) is 0 Å². The van der Waals surface area contributed by atoms with E-state index in [1.807, 2.05) is 5.32 Å². The summed E-state index contributed by atoms with van der Waals surface area (Å²) in [4.78, 5) is 21.4. The molecule has 4 atom stereocenters. The summed E-state index contributed by atoms with van der Waals surface area (Å²) in [6.07, 6.45) is -5.78. The van der Waals surface area contributed by atoms with Gasteiger partial charge >= 0.3 is 10.4 Å². The van der Waals surface area contributed by atoms with E-state index in [-0.39, 0.29) is 6.29 Å². The predicted molar refractivity (Wildman–Crippen MR) is 59.2 cm³/mol. The minimum atomic E-state index is -4.98. The molecule has 0 aliphatic heterocycles. The maximum absolute atomic E-state index is 10.7. The first-order valence-electron chi connectivity index (χ1n) is 4.97. The highest BCUT2D eigenvalue weighted by Crippen LogP contribution is 2.09. The maximum atomic E-state index is 10.7. The third-order valence-corrected chi connectivity index (χ3v) is 2.53. The van der Waals surface area contributed by atoms with E-state index in [2.05, 4.69) is 4.18 Å². The number of carbonyl (C=O) groups excluding carboxylic acids is 2. The lowest BCUT2D eigenvalue weighted by atomic mass is 10.0. The van der Waals surface area contributed by atoms with Crippen LogP contribution in [0.2, 0.25) is 0 Å². The smallest absolute Gasteiger partial charge is 0.394 e. The van der Waals surface area contributed by atoms with Crippen LogP contribution < -0.4 is 5.32 Å². The summed E-state index contributed by atoms with van der Waals surface area (Å²) in [5.41, 5.74) is 0. The Morgan fingerprint density at radius 1 is 1.37 bits per heavy atom. The van der Waals surface area contributed by atoms with E-state index in [0.29, 0.717) is 0 Å². The summed E-state index contributed by atoms with van der Waals surface area (Å²) in [6, 6.07) is -1.54. The number of nitrogens with one attached hydrogen (secondary N) is 1. The van der Waals surface area contributed by atoms with E-state index in [1.165, 1.54) is 0 Å². The Morgan fingerprint density at radius 3 is 2.21 bits per heavy atom.